The summed E-state index contributed by atoms with van der Waals surface area (Å²) in [6.45, 7) is 1.30. The van der Waals surface area contributed by atoms with Crippen molar-refractivity contribution in [1.82, 2.24) is 5.32 Å². The van der Waals surface area contributed by atoms with Gasteiger partial charge < -0.3 is 10.4 Å². The van der Waals surface area contributed by atoms with E-state index < -0.39 is 12.1 Å². The SMILES string of the molecule is CC(F)CNC(=O)C1=C(O)C2=CCCCC2N=C1. The summed E-state index contributed by atoms with van der Waals surface area (Å²) in [7, 11) is 0. The number of alkyl halides is 1. The van der Waals surface area contributed by atoms with Crippen molar-refractivity contribution in [1.29, 1.82) is 0 Å². The zero-order valence-corrected chi connectivity index (χ0v) is 10.3. The van der Waals surface area contributed by atoms with Gasteiger partial charge in [-0.1, -0.05) is 6.08 Å². The van der Waals surface area contributed by atoms with Gasteiger partial charge in [0.25, 0.3) is 5.91 Å². The number of rotatable bonds is 3. The van der Waals surface area contributed by atoms with Crippen LogP contribution in [0.15, 0.2) is 28.0 Å². The lowest BCUT2D eigenvalue weighted by Gasteiger charge is -2.24. The Labute approximate surface area is 105 Å². The molecule has 0 spiro atoms. The first-order valence-corrected chi connectivity index (χ1v) is 6.18. The van der Waals surface area contributed by atoms with E-state index in [9.17, 15) is 14.3 Å². The summed E-state index contributed by atoms with van der Waals surface area (Å²) in [5.41, 5.74) is 0.849. The second kappa shape index (κ2) is 5.33. The minimum Gasteiger partial charge on any atom is -0.507 e. The van der Waals surface area contributed by atoms with E-state index in [1.54, 1.807) is 0 Å². The van der Waals surface area contributed by atoms with Crippen LogP contribution in [0, 0.1) is 0 Å². The van der Waals surface area contributed by atoms with Gasteiger partial charge in [0.1, 0.15) is 11.9 Å². The third-order valence-electron chi connectivity index (χ3n) is 3.11. The molecule has 2 atom stereocenters. The van der Waals surface area contributed by atoms with Crippen LogP contribution in [0.3, 0.4) is 0 Å². The minimum absolute atomic E-state index is 0.0151. The molecule has 98 valence electrons. The summed E-state index contributed by atoms with van der Waals surface area (Å²) in [5.74, 6) is -0.496. The van der Waals surface area contributed by atoms with Gasteiger partial charge >= 0.3 is 0 Å². The Hall–Kier alpha value is -1.65. The lowest BCUT2D eigenvalue weighted by molar-refractivity contribution is -0.117. The maximum absolute atomic E-state index is 12.7. The molecule has 1 heterocycles. The molecule has 0 aromatic carbocycles. The zero-order chi connectivity index (χ0) is 13.1. The van der Waals surface area contributed by atoms with Crippen LogP contribution in [0.5, 0.6) is 0 Å². The van der Waals surface area contributed by atoms with E-state index in [0.717, 1.165) is 24.8 Å². The number of fused-ring (bicyclic) bond motifs is 1. The van der Waals surface area contributed by atoms with Crippen molar-refractivity contribution in [3.05, 3.63) is 23.0 Å². The van der Waals surface area contributed by atoms with Crippen molar-refractivity contribution in [2.24, 2.45) is 4.99 Å². The molecule has 2 rings (SSSR count). The summed E-state index contributed by atoms with van der Waals surface area (Å²) in [4.78, 5) is 16.0. The largest absolute Gasteiger partial charge is 0.507 e. The number of halogens is 1. The molecule has 18 heavy (non-hydrogen) atoms. The van der Waals surface area contributed by atoms with Crippen LogP contribution in [-0.2, 0) is 4.79 Å². The summed E-state index contributed by atoms with van der Waals surface area (Å²) >= 11 is 0. The smallest absolute Gasteiger partial charge is 0.256 e. The number of dihydropyridines is 1. The fourth-order valence-electron chi connectivity index (χ4n) is 2.15. The molecule has 0 fully saturated rings. The Morgan fingerprint density at radius 1 is 1.72 bits per heavy atom. The van der Waals surface area contributed by atoms with Gasteiger partial charge in [0.15, 0.2) is 0 Å². The summed E-state index contributed by atoms with van der Waals surface area (Å²) in [5, 5.41) is 12.5. The van der Waals surface area contributed by atoms with Crippen molar-refractivity contribution in [3.8, 4) is 0 Å². The van der Waals surface area contributed by atoms with E-state index in [1.165, 1.54) is 13.1 Å². The van der Waals surface area contributed by atoms with Crippen LogP contribution in [0.2, 0.25) is 0 Å². The van der Waals surface area contributed by atoms with Crippen LogP contribution < -0.4 is 5.32 Å². The molecule has 5 heteroatoms. The van der Waals surface area contributed by atoms with Crippen molar-refractivity contribution >= 4 is 12.1 Å². The molecular weight excluding hydrogens is 235 g/mol. The predicted molar refractivity (Wildman–Crippen MR) is 67.4 cm³/mol. The van der Waals surface area contributed by atoms with Crippen LogP contribution in [0.1, 0.15) is 26.2 Å². The number of aliphatic imine (C=N–C) groups is 1. The first kappa shape index (κ1) is 12.8. The fraction of sp³-hybridized carbons (Fsp3) is 0.538. The normalized spacial score (nSPS) is 24.3. The molecule has 2 N–H and O–H groups in total. The third-order valence-corrected chi connectivity index (χ3v) is 3.11. The topological polar surface area (TPSA) is 61.7 Å². The van der Waals surface area contributed by atoms with Gasteiger partial charge in [-0.2, -0.15) is 0 Å². The number of hydrogen-bond donors (Lipinski definition) is 2. The Morgan fingerprint density at radius 2 is 2.50 bits per heavy atom. The van der Waals surface area contributed by atoms with E-state index >= 15 is 0 Å². The highest BCUT2D eigenvalue weighted by Crippen LogP contribution is 2.29. The van der Waals surface area contributed by atoms with E-state index in [0.29, 0.717) is 0 Å². The lowest BCUT2D eigenvalue weighted by Crippen LogP contribution is -2.33. The summed E-state index contributed by atoms with van der Waals surface area (Å²) in [6.07, 6.45) is 5.02. The summed E-state index contributed by atoms with van der Waals surface area (Å²) < 4.78 is 12.7. The molecule has 1 aliphatic heterocycles. The highest BCUT2D eigenvalue weighted by atomic mass is 19.1. The quantitative estimate of drug-likeness (QED) is 0.805. The maximum Gasteiger partial charge on any atom is 0.256 e. The molecule has 1 amide bonds. The van der Waals surface area contributed by atoms with Gasteiger partial charge in [-0.25, -0.2) is 4.39 Å². The monoisotopic (exact) mass is 252 g/mol. The summed E-state index contributed by atoms with van der Waals surface area (Å²) in [6, 6.07) is -0.0320. The molecule has 2 unspecified atom stereocenters. The molecule has 0 saturated carbocycles. The van der Waals surface area contributed by atoms with E-state index in [-0.39, 0.29) is 23.9 Å². The number of allylic oxidation sites excluding steroid dienone is 1. The van der Waals surface area contributed by atoms with Gasteiger partial charge in [-0.05, 0) is 26.2 Å². The van der Waals surface area contributed by atoms with Crippen molar-refractivity contribution in [3.63, 3.8) is 0 Å². The van der Waals surface area contributed by atoms with Gasteiger partial charge in [0.2, 0.25) is 0 Å². The van der Waals surface area contributed by atoms with Gasteiger partial charge in [-0.15, -0.1) is 0 Å². The Balaban J connectivity index is 2.15. The molecule has 0 aromatic heterocycles. The van der Waals surface area contributed by atoms with Gasteiger partial charge in [0.05, 0.1) is 11.6 Å². The van der Waals surface area contributed by atoms with Crippen molar-refractivity contribution < 1.29 is 14.3 Å². The Bertz CT molecular complexity index is 438. The second-order valence-electron chi connectivity index (χ2n) is 4.64. The second-order valence-corrected chi connectivity index (χ2v) is 4.64. The molecule has 1 aliphatic carbocycles. The standard InChI is InChI=1S/C13H17FN2O2/c1-8(14)6-16-13(18)10-7-15-11-5-3-2-4-9(11)12(10)17/h4,7-8,11,17H,2-3,5-6H2,1H3,(H,16,18). The average Bonchev–Trinajstić information content (AvgIpc) is 2.37. The number of nitrogens with zero attached hydrogens (tertiary/aromatic N) is 1. The molecule has 0 saturated heterocycles. The number of carbonyl (C=O) groups is 1. The van der Waals surface area contributed by atoms with Crippen LogP contribution in [-0.4, -0.2) is 36.0 Å². The fourth-order valence-corrected chi connectivity index (χ4v) is 2.15. The molecule has 0 aromatic rings. The number of carbonyl (C=O) groups excluding carboxylic acids is 1. The molecular formula is C13H17FN2O2. The van der Waals surface area contributed by atoms with Crippen molar-refractivity contribution in [2.75, 3.05) is 6.54 Å². The number of amides is 1. The number of aliphatic hydroxyl groups is 1. The molecule has 2 aliphatic rings. The third kappa shape index (κ3) is 2.60. The Kier molecular flexibility index (Phi) is 3.79. The van der Waals surface area contributed by atoms with Crippen LogP contribution >= 0.6 is 0 Å². The molecule has 0 bridgehead atoms. The maximum atomic E-state index is 12.7. The van der Waals surface area contributed by atoms with E-state index in [4.69, 9.17) is 0 Å². The molecule has 4 nitrogen and oxygen atoms in total. The van der Waals surface area contributed by atoms with Crippen molar-refractivity contribution in [2.45, 2.75) is 38.4 Å². The number of aliphatic hydroxyl groups excluding tert-OH is 1. The Morgan fingerprint density at radius 3 is 3.22 bits per heavy atom. The number of nitrogens with one attached hydrogen (secondary N) is 1. The lowest BCUT2D eigenvalue weighted by atomic mass is 9.89. The highest BCUT2D eigenvalue weighted by molar-refractivity contribution is 6.13. The minimum atomic E-state index is -1.11. The van der Waals surface area contributed by atoms with E-state index in [1.807, 2.05) is 6.08 Å². The predicted octanol–water partition coefficient (Wildman–Crippen LogP) is 1.84. The first-order chi connectivity index (χ1) is 8.59. The highest BCUT2D eigenvalue weighted by Gasteiger charge is 2.27. The molecule has 0 radical (unpaired) electrons. The van der Waals surface area contributed by atoms with E-state index in [2.05, 4.69) is 10.3 Å². The van der Waals surface area contributed by atoms with Gasteiger partial charge in [-0.3, -0.25) is 9.79 Å². The number of hydrogen-bond acceptors (Lipinski definition) is 3. The van der Waals surface area contributed by atoms with Crippen LogP contribution in [0.4, 0.5) is 4.39 Å². The average molecular weight is 252 g/mol. The van der Waals surface area contributed by atoms with Gasteiger partial charge in [0, 0.05) is 18.3 Å². The zero-order valence-electron chi connectivity index (χ0n) is 10.3. The first-order valence-electron chi connectivity index (χ1n) is 6.18. The van der Waals surface area contributed by atoms with Crippen LogP contribution in [0.25, 0.3) is 0 Å².